The third-order valence-electron chi connectivity index (χ3n) is 3.64. The predicted octanol–water partition coefficient (Wildman–Crippen LogP) is 1.46. The molecule has 1 saturated carbocycles. The molecule has 1 aliphatic carbocycles. The highest BCUT2D eigenvalue weighted by atomic mass is 16.3. The summed E-state index contributed by atoms with van der Waals surface area (Å²) in [5, 5.41) is 15.1. The lowest BCUT2D eigenvalue weighted by molar-refractivity contribution is -0.129. The highest BCUT2D eigenvalue weighted by molar-refractivity contribution is 5.98. The van der Waals surface area contributed by atoms with Crippen LogP contribution in [0.1, 0.15) is 32.3 Å². The maximum Gasteiger partial charge on any atom is 0.249 e. The average molecular weight is 290 g/mol. The van der Waals surface area contributed by atoms with Gasteiger partial charge in [-0.2, -0.15) is 0 Å². The highest BCUT2D eigenvalue weighted by Crippen LogP contribution is 2.29. The van der Waals surface area contributed by atoms with Crippen molar-refractivity contribution in [3.63, 3.8) is 0 Å². The molecule has 0 radical (unpaired) electrons. The van der Waals surface area contributed by atoms with E-state index in [1.54, 1.807) is 0 Å². The van der Waals surface area contributed by atoms with Crippen LogP contribution in [0.4, 0.5) is 5.69 Å². The molecule has 0 bridgehead atoms. The standard InChI is InChI=1S/C16H22N2O3/c1-3-11-4-8-13(9-5-11)17-16(21)14(10(2)19)18-15(20)12-6-7-12/h4-5,8-10,12,14,19H,3,6-7H2,1-2H3,(H,17,21)(H,18,20). The Balaban J connectivity index is 1.98. The summed E-state index contributed by atoms with van der Waals surface area (Å²) in [5.74, 6) is -0.552. The van der Waals surface area contributed by atoms with E-state index in [0.29, 0.717) is 5.69 Å². The van der Waals surface area contributed by atoms with E-state index in [2.05, 4.69) is 17.6 Å². The molecule has 0 aromatic heterocycles. The predicted molar refractivity (Wildman–Crippen MR) is 80.8 cm³/mol. The molecular formula is C16H22N2O3. The van der Waals surface area contributed by atoms with E-state index in [-0.39, 0.29) is 11.8 Å². The molecule has 2 amide bonds. The number of amides is 2. The van der Waals surface area contributed by atoms with Crippen molar-refractivity contribution in [3.8, 4) is 0 Å². The minimum absolute atomic E-state index is 0.00267. The fourth-order valence-corrected chi connectivity index (χ4v) is 2.07. The Morgan fingerprint density at radius 1 is 1.29 bits per heavy atom. The van der Waals surface area contributed by atoms with Crippen molar-refractivity contribution in [3.05, 3.63) is 29.8 Å². The molecule has 2 unspecified atom stereocenters. The Morgan fingerprint density at radius 3 is 2.38 bits per heavy atom. The number of hydrogen-bond donors (Lipinski definition) is 3. The van der Waals surface area contributed by atoms with Crippen LogP contribution < -0.4 is 10.6 Å². The molecule has 5 nitrogen and oxygen atoms in total. The normalized spacial score (nSPS) is 16.9. The number of hydrogen-bond acceptors (Lipinski definition) is 3. The first-order valence-electron chi connectivity index (χ1n) is 7.39. The summed E-state index contributed by atoms with van der Waals surface area (Å²) in [4.78, 5) is 24.0. The fraction of sp³-hybridized carbons (Fsp3) is 0.500. The van der Waals surface area contributed by atoms with Crippen molar-refractivity contribution in [1.29, 1.82) is 0 Å². The number of benzene rings is 1. The Kier molecular flexibility index (Phi) is 4.96. The van der Waals surface area contributed by atoms with E-state index in [1.165, 1.54) is 12.5 Å². The van der Waals surface area contributed by atoms with E-state index in [9.17, 15) is 14.7 Å². The second-order valence-electron chi connectivity index (χ2n) is 5.54. The molecule has 0 aliphatic heterocycles. The van der Waals surface area contributed by atoms with Crippen LogP contribution in [0.15, 0.2) is 24.3 Å². The van der Waals surface area contributed by atoms with Gasteiger partial charge in [-0.15, -0.1) is 0 Å². The van der Waals surface area contributed by atoms with E-state index in [4.69, 9.17) is 0 Å². The van der Waals surface area contributed by atoms with Crippen molar-refractivity contribution in [2.75, 3.05) is 5.32 Å². The van der Waals surface area contributed by atoms with Gasteiger partial charge in [0.05, 0.1) is 6.10 Å². The van der Waals surface area contributed by atoms with Gasteiger partial charge >= 0.3 is 0 Å². The van der Waals surface area contributed by atoms with E-state index in [1.807, 2.05) is 24.3 Å². The molecule has 0 heterocycles. The van der Waals surface area contributed by atoms with Crippen LogP contribution in [-0.4, -0.2) is 29.1 Å². The molecule has 0 saturated heterocycles. The van der Waals surface area contributed by atoms with E-state index in [0.717, 1.165) is 19.3 Å². The maximum atomic E-state index is 12.2. The molecule has 1 aromatic rings. The Bertz CT molecular complexity index is 507. The average Bonchev–Trinajstić information content (AvgIpc) is 3.29. The Hall–Kier alpha value is -1.88. The zero-order chi connectivity index (χ0) is 15.4. The van der Waals surface area contributed by atoms with Gasteiger partial charge in [-0.25, -0.2) is 0 Å². The number of nitrogens with one attached hydrogen (secondary N) is 2. The number of rotatable bonds is 6. The summed E-state index contributed by atoms with van der Waals surface area (Å²) in [6.45, 7) is 3.56. The molecule has 1 fully saturated rings. The first-order valence-corrected chi connectivity index (χ1v) is 7.39. The van der Waals surface area contributed by atoms with E-state index < -0.39 is 18.1 Å². The van der Waals surface area contributed by atoms with Gasteiger partial charge in [0.25, 0.3) is 0 Å². The molecule has 1 aromatic carbocycles. The van der Waals surface area contributed by atoms with Crippen LogP contribution in [-0.2, 0) is 16.0 Å². The first-order chi connectivity index (χ1) is 10.0. The number of carbonyl (C=O) groups is 2. The van der Waals surface area contributed by atoms with Crippen LogP contribution >= 0.6 is 0 Å². The van der Waals surface area contributed by atoms with Crippen LogP contribution in [0, 0.1) is 5.92 Å². The van der Waals surface area contributed by atoms with Crippen molar-refractivity contribution in [2.24, 2.45) is 5.92 Å². The quantitative estimate of drug-likeness (QED) is 0.742. The lowest BCUT2D eigenvalue weighted by atomic mass is 10.1. The molecule has 21 heavy (non-hydrogen) atoms. The van der Waals surface area contributed by atoms with Crippen molar-refractivity contribution < 1.29 is 14.7 Å². The summed E-state index contributed by atoms with van der Waals surface area (Å²) in [5.41, 5.74) is 1.84. The third kappa shape index (κ3) is 4.29. The second-order valence-corrected chi connectivity index (χ2v) is 5.54. The highest BCUT2D eigenvalue weighted by Gasteiger charge is 2.34. The number of carbonyl (C=O) groups excluding carboxylic acids is 2. The number of aliphatic hydroxyl groups excluding tert-OH is 1. The van der Waals surface area contributed by atoms with Crippen LogP contribution in [0.5, 0.6) is 0 Å². The summed E-state index contributed by atoms with van der Waals surface area (Å²) in [6.07, 6.45) is 1.71. The topological polar surface area (TPSA) is 78.4 Å². The summed E-state index contributed by atoms with van der Waals surface area (Å²) in [6, 6.07) is 6.59. The number of anilines is 1. The maximum absolute atomic E-state index is 12.2. The molecule has 114 valence electrons. The van der Waals surface area contributed by atoms with Gasteiger partial charge in [-0.05, 0) is 43.9 Å². The summed E-state index contributed by atoms with van der Waals surface area (Å²) >= 11 is 0. The van der Waals surface area contributed by atoms with E-state index >= 15 is 0 Å². The zero-order valence-corrected chi connectivity index (χ0v) is 12.4. The van der Waals surface area contributed by atoms with Gasteiger partial charge in [0.15, 0.2) is 0 Å². The summed E-state index contributed by atoms with van der Waals surface area (Å²) in [7, 11) is 0. The molecule has 1 aliphatic rings. The second kappa shape index (κ2) is 6.72. The van der Waals surface area contributed by atoms with Gasteiger partial charge in [0.2, 0.25) is 11.8 Å². The third-order valence-corrected chi connectivity index (χ3v) is 3.64. The Morgan fingerprint density at radius 2 is 1.90 bits per heavy atom. The van der Waals surface area contributed by atoms with Gasteiger partial charge in [0.1, 0.15) is 6.04 Å². The minimum atomic E-state index is -0.942. The lowest BCUT2D eigenvalue weighted by Crippen LogP contribution is -2.50. The van der Waals surface area contributed by atoms with Gasteiger partial charge in [-0.3, -0.25) is 9.59 Å². The van der Waals surface area contributed by atoms with Crippen LogP contribution in [0.2, 0.25) is 0 Å². The van der Waals surface area contributed by atoms with Gasteiger partial charge < -0.3 is 15.7 Å². The molecule has 3 N–H and O–H groups in total. The minimum Gasteiger partial charge on any atom is -0.391 e. The van der Waals surface area contributed by atoms with Crippen LogP contribution in [0.3, 0.4) is 0 Å². The SMILES string of the molecule is CCc1ccc(NC(=O)C(NC(=O)C2CC2)C(C)O)cc1. The molecule has 5 heteroatoms. The van der Waals surface area contributed by atoms with Gasteiger partial charge in [0, 0.05) is 11.6 Å². The van der Waals surface area contributed by atoms with Crippen molar-refractivity contribution in [2.45, 2.75) is 45.3 Å². The number of aliphatic hydroxyl groups is 1. The fourth-order valence-electron chi connectivity index (χ4n) is 2.07. The number of aryl methyl sites for hydroxylation is 1. The smallest absolute Gasteiger partial charge is 0.249 e. The molecular weight excluding hydrogens is 268 g/mol. The first kappa shape index (κ1) is 15.5. The van der Waals surface area contributed by atoms with Gasteiger partial charge in [-0.1, -0.05) is 19.1 Å². The van der Waals surface area contributed by atoms with Crippen LogP contribution in [0.25, 0.3) is 0 Å². The Labute approximate surface area is 124 Å². The lowest BCUT2D eigenvalue weighted by Gasteiger charge is -2.21. The summed E-state index contributed by atoms with van der Waals surface area (Å²) < 4.78 is 0. The monoisotopic (exact) mass is 290 g/mol. The molecule has 0 spiro atoms. The molecule has 2 rings (SSSR count). The zero-order valence-electron chi connectivity index (χ0n) is 12.4. The van der Waals surface area contributed by atoms with Crippen molar-refractivity contribution >= 4 is 17.5 Å². The largest absolute Gasteiger partial charge is 0.391 e. The van der Waals surface area contributed by atoms with Crippen molar-refractivity contribution in [1.82, 2.24) is 5.32 Å². The molecule has 2 atom stereocenters.